The van der Waals surface area contributed by atoms with E-state index in [4.69, 9.17) is 4.74 Å². The number of anilines is 5. The summed E-state index contributed by atoms with van der Waals surface area (Å²) in [5.74, 6) is -0.916. The highest BCUT2D eigenvalue weighted by Gasteiger charge is 2.15. The van der Waals surface area contributed by atoms with Gasteiger partial charge < -0.3 is 20.3 Å². The Bertz CT molecular complexity index is 1010. The third-order valence-electron chi connectivity index (χ3n) is 4.55. The normalized spacial score (nSPS) is 14.0. The van der Waals surface area contributed by atoms with Crippen LogP contribution in [0, 0.1) is 18.6 Å². The number of nitrogens with one attached hydrogen (secondary N) is 2. The lowest BCUT2D eigenvalue weighted by atomic mass is 10.2. The van der Waals surface area contributed by atoms with Crippen molar-refractivity contribution in [3.05, 3.63) is 65.9 Å². The van der Waals surface area contributed by atoms with Crippen LogP contribution in [-0.2, 0) is 4.74 Å². The van der Waals surface area contributed by atoms with Gasteiger partial charge in [-0.2, -0.15) is 4.98 Å². The number of nitrogens with zero attached hydrogens (tertiary/aromatic N) is 3. The van der Waals surface area contributed by atoms with Crippen LogP contribution in [0.4, 0.5) is 37.6 Å². The van der Waals surface area contributed by atoms with Crippen molar-refractivity contribution in [2.45, 2.75) is 6.92 Å². The predicted octanol–water partition coefficient (Wildman–Crippen LogP) is 4.39. The highest BCUT2D eigenvalue weighted by Crippen LogP contribution is 2.29. The largest absolute Gasteiger partial charge is 0.378 e. The van der Waals surface area contributed by atoms with Crippen LogP contribution in [0.5, 0.6) is 0 Å². The van der Waals surface area contributed by atoms with Crippen molar-refractivity contribution in [1.29, 1.82) is 0 Å². The van der Waals surface area contributed by atoms with Gasteiger partial charge in [-0.15, -0.1) is 0 Å². The van der Waals surface area contributed by atoms with E-state index in [1.807, 2.05) is 31.2 Å². The number of benzene rings is 2. The molecule has 0 saturated carbocycles. The van der Waals surface area contributed by atoms with Gasteiger partial charge in [-0.05, 0) is 31.2 Å². The van der Waals surface area contributed by atoms with Gasteiger partial charge in [0.05, 0.1) is 24.6 Å². The Kier molecular flexibility index (Phi) is 5.53. The molecule has 2 aromatic carbocycles. The minimum absolute atomic E-state index is 0.404. The fourth-order valence-corrected chi connectivity index (χ4v) is 3.19. The highest BCUT2D eigenvalue weighted by atomic mass is 19.2. The van der Waals surface area contributed by atoms with E-state index in [1.165, 1.54) is 6.07 Å². The zero-order chi connectivity index (χ0) is 20.2. The zero-order valence-electron chi connectivity index (χ0n) is 16.0. The smallest absolute Gasteiger partial charge is 0.229 e. The van der Waals surface area contributed by atoms with Crippen molar-refractivity contribution in [2.24, 2.45) is 0 Å². The number of rotatable bonds is 5. The molecule has 2 heterocycles. The van der Waals surface area contributed by atoms with E-state index in [0.29, 0.717) is 30.7 Å². The van der Waals surface area contributed by atoms with Crippen molar-refractivity contribution in [2.75, 3.05) is 41.8 Å². The monoisotopic (exact) mass is 397 g/mol. The van der Waals surface area contributed by atoms with Crippen LogP contribution in [-0.4, -0.2) is 36.3 Å². The number of para-hydroxylation sites is 2. The minimum Gasteiger partial charge on any atom is -0.378 e. The summed E-state index contributed by atoms with van der Waals surface area (Å²) in [6, 6.07) is 13.3. The Labute approximate surface area is 167 Å². The summed E-state index contributed by atoms with van der Waals surface area (Å²) in [5.41, 5.74) is 3.08. The van der Waals surface area contributed by atoms with Crippen molar-refractivity contribution in [1.82, 2.24) is 9.97 Å². The summed E-state index contributed by atoms with van der Waals surface area (Å²) >= 11 is 0. The summed E-state index contributed by atoms with van der Waals surface area (Å²) in [5, 5.41) is 6.27. The first-order valence-corrected chi connectivity index (χ1v) is 9.35. The fourth-order valence-electron chi connectivity index (χ4n) is 3.19. The van der Waals surface area contributed by atoms with Crippen LogP contribution < -0.4 is 15.5 Å². The lowest BCUT2D eigenvalue weighted by Crippen LogP contribution is -2.36. The molecule has 1 saturated heterocycles. The summed E-state index contributed by atoms with van der Waals surface area (Å²) in [4.78, 5) is 11.2. The van der Waals surface area contributed by atoms with Gasteiger partial charge in [0.25, 0.3) is 0 Å². The van der Waals surface area contributed by atoms with E-state index in [9.17, 15) is 8.78 Å². The fraction of sp³-hybridized carbons (Fsp3) is 0.238. The van der Waals surface area contributed by atoms with Crippen molar-refractivity contribution in [3.63, 3.8) is 0 Å². The zero-order valence-corrected chi connectivity index (χ0v) is 16.0. The molecule has 6 nitrogen and oxygen atoms in total. The molecule has 1 aliphatic rings. The van der Waals surface area contributed by atoms with Crippen LogP contribution >= 0.6 is 0 Å². The number of aryl methyl sites for hydroxylation is 1. The summed E-state index contributed by atoms with van der Waals surface area (Å²) in [6.45, 7) is 4.86. The molecule has 0 radical (unpaired) electrons. The SMILES string of the molecule is Cc1cc(Nc2ccc(F)c(F)c2)nc(Nc2ccccc2N2CCOCC2)n1. The lowest BCUT2D eigenvalue weighted by molar-refractivity contribution is 0.123. The Hall–Kier alpha value is -3.26. The molecule has 0 amide bonds. The van der Waals surface area contributed by atoms with Gasteiger partial charge in [0.2, 0.25) is 5.95 Å². The topological polar surface area (TPSA) is 62.3 Å². The van der Waals surface area contributed by atoms with Gasteiger partial charge in [-0.25, -0.2) is 13.8 Å². The van der Waals surface area contributed by atoms with E-state index in [1.54, 1.807) is 6.07 Å². The van der Waals surface area contributed by atoms with Crippen molar-refractivity contribution in [3.8, 4) is 0 Å². The molecule has 1 aromatic heterocycles. The van der Waals surface area contributed by atoms with Crippen molar-refractivity contribution >= 4 is 28.8 Å². The number of hydrogen-bond donors (Lipinski definition) is 2. The van der Waals surface area contributed by atoms with Crippen LogP contribution in [0.25, 0.3) is 0 Å². The maximum Gasteiger partial charge on any atom is 0.229 e. The number of halogens is 2. The Balaban J connectivity index is 1.57. The van der Waals surface area contributed by atoms with E-state index >= 15 is 0 Å². The number of ether oxygens (including phenoxy) is 1. The van der Waals surface area contributed by atoms with E-state index in [2.05, 4.69) is 25.5 Å². The quantitative estimate of drug-likeness (QED) is 0.666. The third kappa shape index (κ3) is 4.60. The molecule has 0 aliphatic carbocycles. The molecule has 4 rings (SSSR count). The number of aromatic nitrogens is 2. The van der Waals surface area contributed by atoms with Crippen LogP contribution in [0.1, 0.15) is 5.69 Å². The molecule has 3 aromatic rings. The van der Waals surface area contributed by atoms with E-state index < -0.39 is 11.6 Å². The third-order valence-corrected chi connectivity index (χ3v) is 4.55. The molecule has 29 heavy (non-hydrogen) atoms. The molecule has 150 valence electrons. The molecule has 8 heteroatoms. The molecule has 2 N–H and O–H groups in total. The standard InChI is InChI=1S/C21H21F2N5O/c1-14-12-20(25-15-6-7-16(22)17(23)13-15)27-21(24-14)26-18-4-2-3-5-19(18)28-8-10-29-11-9-28/h2-7,12-13H,8-11H2,1H3,(H2,24,25,26,27). The Morgan fingerprint density at radius 1 is 0.931 bits per heavy atom. The maximum atomic E-state index is 13.5. The molecule has 1 fully saturated rings. The highest BCUT2D eigenvalue weighted by molar-refractivity contribution is 5.74. The average molecular weight is 397 g/mol. The molecular formula is C21H21F2N5O. The van der Waals surface area contributed by atoms with Gasteiger partial charge in [-0.1, -0.05) is 12.1 Å². The Morgan fingerprint density at radius 2 is 1.72 bits per heavy atom. The van der Waals surface area contributed by atoms with Crippen LogP contribution in [0.3, 0.4) is 0 Å². The molecule has 0 bridgehead atoms. The first-order chi connectivity index (χ1) is 14.1. The number of morpholine rings is 1. The first kappa shape index (κ1) is 19.1. The van der Waals surface area contributed by atoms with Gasteiger partial charge >= 0.3 is 0 Å². The van der Waals surface area contributed by atoms with E-state index in [0.717, 1.165) is 42.3 Å². The molecule has 0 spiro atoms. The second-order valence-corrected chi connectivity index (χ2v) is 6.71. The summed E-state index contributed by atoms with van der Waals surface area (Å²) in [6.07, 6.45) is 0. The maximum absolute atomic E-state index is 13.5. The van der Waals surface area contributed by atoms with Gasteiger partial charge in [-0.3, -0.25) is 0 Å². The second kappa shape index (κ2) is 8.40. The van der Waals surface area contributed by atoms with Gasteiger partial charge in [0.1, 0.15) is 5.82 Å². The molecule has 0 unspecified atom stereocenters. The van der Waals surface area contributed by atoms with Gasteiger partial charge in [0.15, 0.2) is 11.6 Å². The van der Waals surface area contributed by atoms with Gasteiger partial charge in [0, 0.05) is 36.6 Å². The predicted molar refractivity (Wildman–Crippen MR) is 109 cm³/mol. The molecule has 0 atom stereocenters. The van der Waals surface area contributed by atoms with Crippen molar-refractivity contribution < 1.29 is 13.5 Å². The van der Waals surface area contributed by atoms with E-state index in [-0.39, 0.29) is 0 Å². The Morgan fingerprint density at radius 3 is 2.52 bits per heavy atom. The first-order valence-electron chi connectivity index (χ1n) is 9.35. The summed E-state index contributed by atoms with van der Waals surface area (Å²) < 4.78 is 32.1. The number of hydrogen-bond acceptors (Lipinski definition) is 6. The molecular weight excluding hydrogens is 376 g/mol. The molecule has 1 aliphatic heterocycles. The minimum atomic E-state index is -0.918. The second-order valence-electron chi connectivity index (χ2n) is 6.71. The summed E-state index contributed by atoms with van der Waals surface area (Å²) in [7, 11) is 0. The van der Waals surface area contributed by atoms with Crippen LogP contribution in [0.15, 0.2) is 48.5 Å². The van der Waals surface area contributed by atoms with Crippen LogP contribution in [0.2, 0.25) is 0 Å². The lowest BCUT2D eigenvalue weighted by Gasteiger charge is -2.30. The average Bonchev–Trinajstić information content (AvgIpc) is 2.71.